The van der Waals surface area contributed by atoms with Gasteiger partial charge >= 0.3 is 17.9 Å². The lowest BCUT2D eigenvalue weighted by Crippen LogP contribution is -2.45. The van der Waals surface area contributed by atoms with Gasteiger partial charge in [0.25, 0.3) is 0 Å². The van der Waals surface area contributed by atoms with E-state index in [0.29, 0.717) is 6.42 Å². The molecule has 67 heavy (non-hydrogen) atoms. The SMILES string of the molecule is CCCCCCCC/C=C\CCCCCCCCOC(=O)CC(O)(CC(=O)OCCCCCCCC/C=C\CCCCCCCC)C(=O)OCCCCCCCC/C=C\CCCCCCCC. The molecule has 0 atom stereocenters. The molecular formula is C60H110O7. The van der Waals surface area contributed by atoms with E-state index in [4.69, 9.17) is 14.2 Å². The van der Waals surface area contributed by atoms with Crippen LogP contribution >= 0.6 is 0 Å². The van der Waals surface area contributed by atoms with E-state index in [2.05, 4.69) is 57.2 Å². The fourth-order valence-corrected chi connectivity index (χ4v) is 8.51. The molecule has 0 aliphatic carbocycles. The van der Waals surface area contributed by atoms with Crippen molar-refractivity contribution in [2.24, 2.45) is 0 Å². The first-order chi connectivity index (χ1) is 32.9. The molecule has 0 aromatic heterocycles. The third-order valence-electron chi connectivity index (χ3n) is 13.0. The number of esters is 3. The summed E-state index contributed by atoms with van der Waals surface area (Å²) in [5.41, 5.74) is -2.32. The molecule has 0 saturated heterocycles. The summed E-state index contributed by atoms with van der Waals surface area (Å²) in [5.74, 6) is -2.36. The van der Waals surface area contributed by atoms with Gasteiger partial charge < -0.3 is 19.3 Å². The number of rotatable bonds is 53. The van der Waals surface area contributed by atoms with Crippen LogP contribution in [0.5, 0.6) is 0 Å². The van der Waals surface area contributed by atoms with Crippen LogP contribution in [0.15, 0.2) is 36.5 Å². The Morgan fingerprint density at radius 1 is 0.313 bits per heavy atom. The van der Waals surface area contributed by atoms with E-state index < -0.39 is 36.4 Å². The van der Waals surface area contributed by atoms with Crippen molar-refractivity contribution in [2.75, 3.05) is 19.8 Å². The summed E-state index contributed by atoms with van der Waals surface area (Å²) in [5, 5.41) is 11.5. The Morgan fingerprint density at radius 2 is 0.522 bits per heavy atom. The first kappa shape index (κ1) is 64.6. The van der Waals surface area contributed by atoms with E-state index in [-0.39, 0.29) is 19.8 Å². The summed E-state index contributed by atoms with van der Waals surface area (Å²) >= 11 is 0. The number of carbonyl (C=O) groups excluding carboxylic acids is 3. The molecule has 0 aromatic carbocycles. The topological polar surface area (TPSA) is 99.1 Å². The van der Waals surface area contributed by atoms with E-state index in [1.54, 1.807) is 0 Å². The van der Waals surface area contributed by atoms with Gasteiger partial charge in [0.1, 0.15) is 0 Å². The van der Waals surface area contributed by atoms with Gasteiger partial charge in [0, 0.05) is 0 Å². The second-order valence-corrected chi connectivity index (χ2v) is 19.8. The molecule has 0 amide bonds. The molecule has 7 nitrogen and oxygen atoms in total. The monoisotopic (exact) mass is 943 g/mol. The Labute approximate surface area is 415 Å². The van der Waals surface area contributed by atoms with Crippen molar-refractivity contribution in [2.45, 2.75) is 309 Å². The number of carbonyl (C=O) groups is 3. The summed E-state index contributed by atoms with van der Waals surface area (Å²) in [6.07, 6.45) is 62.7. The zero-order valence-electron chi connectivity index (χ0n) is 44.6. The number of allylic oxidation sites excluding steroid dienone is 6. The second kappa shape index (κ2) is 53.0. The Kier molecular flexibility index (Phi) is 51.0. The smallest absolute Gasteiger partial charge is 0.339 e. The van der Waals surface area contributed by atoms with Crippen molar-refractivity contribution in [3.05, 3.63) is 36.5 Å². The molecule has 0 aliphatic rings. The molecule has 0 bridgehead atoms. The Hall–Kier alpha value is -2.41. The quantitative estimate of drug-likeness (QED) is 0.0281. The molecule has 0 heterocycles. The van der Waals surface area contributed by atoms with Crippen molar-refractivity contribution in [3.8, 4) is 0 Å². The highest BCUT2D eigenvalue weighted by Gasteiger charge is 2.43. The molecule has 0 rings (SSSR count). The van der Waals surface area contributed by atoms with Gasteiger partial charge in [-0.05, 0) is 96.3 Å². The average molecular weight is 944 g/mol. The summed E-state index contributed by atoms with van der Waals surface area (Å²) in [6.45, 7) is 7.36. The van der Waals surface area contributed by atoms with E-state index in [1.807, 2.05) is 0 Å². The van der Waals surface area contributed by atoms with E-state index >= 15 is 0 Å². The predicted octanol–water partition coefficient (Wildman–Crippen LogP) is 18.2. The minimum atomic E-state index is -2.32. The summed E-state index contributed by atoms with van der Waals surface area (Å²) < 4.78 is 16.4. The number of hydrogen-bond acceptors (Lipinski definition) is 7. The Morgan fingerprint density at radius 3 is 0.776 bits per heavy atom. The van der Waals surface area contributed by atoms with Crippen molar-refractivity contribution in [3.63, 3.8) is 0 Å². The lowest BCUT2D eigenvalue weighted by Gasteiger charge is -2.24. The van der Waals surface area contributed by atoms with Crippen molar-refractivity contribution >= 4 is 17.9 Å². The van der Waals surface area contributed by atoms with Gasteiger partial charge in [-0.25, -0.2) is 4.79 Å². The van der Waals surface area contributed by atoms with E-state index in [0.717, 1.165) is 89.9 Å². The van der Waals surface area contributed by atoms with E-state index in [1.165, 1.54) is 173 Å². The Balaban J connectivity index is 4.52. The van der Waals surface area contributed by atoms with Gasteiger partial charge in [0.15, 0.2) is 5.60 Å². The third-order valence-corrected chi connectivity index (χ3v) is 13.0. The maximum Gasteiger partial charge on any atom is 0.339 e. The maximum absolute atomic E-state index is 13.3. The van der Waals surface area contributed by atoms with Crippen LogP contribution in [0.1, 0.15) is 303 Å². The Bertz CT molecular complexity index is 1100. The van der Waals surface area contributed by atoms with Crippen molar-refractivity contribution < 1.29 is 33.7 Å². The molecule has 0 aliphatic heterocycles. The highest BCUT2D eigenvalue weighted by molar-refractivity contribution is 5.90. The van der Waals surface area contributed by atoms with Gasteiger partial charge in [-0.3, -0.25) is 9.59 Å². The van der Waals surface area contributed by atoms with Gasteiger partial charge in [0.05, 0.1) is 32.7 Å². The average Bonchev–Trinajstić information content (AvgIpc) is 3.31. The van der Waals surface area contributed by atoms with Crippen LogP contribution in [0, 0.1) is 0 Å². The summed E-state index contributed by atoms with van der Waals surface area (Å²) in [4.78, 5) is 39.1. The molecule has 1 N–H and O–H groups in total. The van der Waals surface area contributed by atoms with Crippen LogP contribution in [0.2, 0.25) is 0 Å². The first-order valence-corrected chi connectivity index (χ1v) is 29.0. The van der Waals surface area contributed by atoms with Crippen LogP contribution in [-0.2, 0) is 28.6 Å². The minimum absolute atomic E-state index is 0.136. The van der Waals surface area contributed by atoms with Gasteiger partial charge in [-0.1, -0.05) is 231 Å². The van der Waals surface area contributed by atoms with E-state index in [9.17, 15) is 19.5 Å². The lowest BCUT2D eigenvalue weighted by molar-refractivity contribution is -0.178. The molecule has 0 aromatic rings. The molecular weight excluding hydrogens is 833 g/mol. The van der Waals surface area contributed by atoms with Gasteiger partial charge in [0.2, 0.25) is 0 Å². The van der Waals surface area contributed by atoms with Crippen molar-refractivity contribution in [1.82, 2.24) is 0 Å². The zero-order chi connectivity index (χ0) is 48.8. The highest BCUT2D eigenvalue weighted by Crippen LogP contribution is 2.22. The van der Waals surface area contributed by atoms with Crippen LogP contribution in [0.4, 0.5) is 0 Å². The number of aliphatic hydroxyl groups is 1. The van der Waals surface area contributed by atoms with Crippen LogP contribution in [0.3, 0.4) is 0 Å². The molecule has 0 radical (unpaired) electrons. The normalized spacial score (nSPS) is 12.0. The second-order valence-electron chi connectivity index (χ2n) is 19.8. The molecule has 7 heteroatoms. The highest BCUT2D eigenvalue weighted by atomic mass is 16.6. The predicted molar refractivity (Wildman–Crippen MR) is 285 cm³/mol. The van der Waals surface area contributed by atoms with Crippen LogP contribution in [0.25, 0.3) is 0 Å². The largest absolute Gasteiger partial charge is 0.466 e. The fraction of sp³-hybridized carbons (Fsp3) is 0.850. The van der Waals surface area contributed by atoms with Gasteiger partial charge in [-0.15, -0.1) is 0 Å². The molecule has 392 valence electrons. The minimum Gasteiger partial charge on any atom is -0.466 e. The fourth-order valence-electron chi connectivity index (χ4n) is 8.51. The third kappa shape index (κ3) is 48.4. The van der Waals surface area contributed by atoms with Crippen LogP contribution in [-0.4, -0.2) is 48.4 Å². The molecule has 0 fully saturated rings. The molecule has 0 saturated carbocycles. The van der Waals surface area contributed by atoms with Crippen LogP contribution < -0.4 is 0 Å². The number of ether oxygens (including phenoxy) is 3. The maximum atomic E-state index is 13.3. The van der Waals surface area contributed by atoms with Gasteiger partial charge in [-0.2, -0.15) is 0 Å². The first-order valence-electron chi connectivity index (χ1n) is 29.0. The lowest BCUT2D eigenvalue weighted by atomic mass is 9.95. The summed E-state index contributed by atoms with van der Waals surface area (Å²) in [7, 11) is 0. The number of hydrogen-bond donors (Lipinski definition) is 1. The standard InChI is InChI=1S/C60H110O7/c1-4-7-10-13-16-19-22-25-28-31-34-37-40-43-46-49-52-65-57(61)55-60(64,59(63)67-54-51-48-45-42-39-36-33-30-27-24-21-18-15-12-9-6-3)56-58(62)66-53-50-47-44-41-38-35-32-29-26-23-20-17-14-11-8-5-2/h25-30,64H,4-24,31-56H2,1-3H3/b28-25-,29-26-,30-27-. The van der Waals surface area contributed by atoms with Crippen molar-refractivity contribution in [1.29, 1.82) is 0 Å². The molecule has 0 spiro atoms. The zero-order valence-corrected chi connectivity index (χ0v) is 44.6. The molecule has 0 unspecified atom stereocenters. The number of unbranched alkanes of at least 4 members (excludes halogenated alkanes) is 36. The summed E-state index contributed by atoms with van der Waals surface area (Å²) in [6, 6.07) is 0.